The van der Waals surface area contributed by atoms with E-state index in [0.29, 0.717) is 5.82 Å². The van der Waals surface area contributed by atoms with E-state index in [1.54, 1.807) is 36.5 Å². The molecule has 1 heterocycles. The highest BCUT2D eigenvalue weighted by molar-refractivity contribution is 5.95. The first kappa shape index (κ1) is 16.4. The number of hydrogen-bond donors (Lipinski definition) is 4. The summed E-state index contributed by atoms with van der Waals surface area (Å²) in [6.45, 7) is 0.243. The zero-order valence-electron chi connectivity index (χ0n) is 12.3. The summed E-state index contributed by atoms with van der Waals surface area (Å²) in [6.07, 6.45) is 1.39. The average molecular weight is 313 g/mol. The molecule has 1 aromatic heterocycles. The Morgan fingerprint density at radius 1 is 1.26 bits per heavy atom. The monoisotopic (exact) mass is 313 g/mol. The minimum absolute atomic E-state index is 0.173. The summed E-state index contributed by atoms with van der Waals surface area (Å²) in [5, 5.41) is 12.7. The van der Waals surface area contributed by atoms with Crippen LogP contribution in [0.2, 0.25) is 0 Å². The molecule has 0 aliphatic rings. The Morgan fingerprint density at radius 3 is 2.65 bits per heavy atom. The van der Waals surface area contributed by atoms with Gasteiger partial charge >= 0.3 is 0 Å². The number of carbonyl (C=O) groups is 2. The first-order valence-electron chi connectivity index (χ1n) is 6.87. The zero-order valence-corrected chi connectivity index (χ0v) is 12.3. The summed E-state index contributed by atoms with van der Waals surface area (Å²) in [7, 11) is 0. The van der Waals surface area contributed by atoms with Crippen molar-refractivity contribution in [3.8, 4) is 0 Å². The van der Waals surface area contributed by atoms with Crippen LogP contribution in [-0.4, -0.2) is 21.9 Å². The first-order valence-corrected chi connectivity index (χ1v) is 6.87. The van der Waals surface area contributed by atoms with E-state index >= 15 is 0 Å². The zero-order chi connectivity index (χ0) is 16.8. The lowest BCUT2D eigenvalue weighted by molar-refractivity contribution is -0.119. The van der Waals surface area contributed by atoms with Crippen LogP contribution in [0.3, 0.4) is 0 Å². The molecular formula is C16H17N4O3. The van der Waals surface area contributed by atoms with Gasteiger partial charge in [-0.3, -0.25) is 9.59 Å². The van der Waals surface area contributed by atoms with Crippen molar-refractivity contribution in [1.82, 2.24) is 10.3 Å². The smallest absolute Gasteiger partial charge is 0.249 e. The Morgan fingerprint density at radius 2 is 2.00 bits per heavy atom. The average Bonchev–Trinajstić information content (AvgIpc) is 2.54. The van der Waals surface area contributed by atoms with Gasteiger partial charge in [0.15, 0.2) is 0 Å². The maximum atomic E-state index is 11.9. The van der Waals surface area contributed by atoms with Crippen molar-refractivity contribution in [3.63, 3.8) is 0 Å². The van der Waals surface area contributed by atoms with Crippen LogP contribution in [0, 0.1) is 6.42 Å². The minimum Gasteiger partial charge on any atom is -0.388 e. The number of benzene rings is 1. The summed E-state index contributed by atoms with van der Waals surface area (Å²) in [5.41, 5.74) is 12.0. The van der Waals surface area contributed by atoms with Gasteiger partial charge in [0.2, 0.25) is 11.8 Å². The number of pyridine rings is 1. The van der Waals surface area contributed by atoms with Crippen molar-refractivity contribution in [2.24, 2.45) is 5.73 Å². The Balaban J connectivity index is 1.95. The highest BCUT2D eigenvalue weighted by Crippen LogP contribution is 2.20. The van der Waals surface area contributed by atoms with E-state index in [4.69, 9.17) is 11.5 Å². The third-order valence-electron chi connectivity index (χ3n) is 3.17. The number of nitrogen functional groups attached to an aromatic ring is 1. The number of amides is 2. The second-order valence-corrected chi connectivity index (χ2v) is 4.87. The van der Waals surface area contributed by atoms with Crippen molar-refractivity contribution in [2.45, 2.75) is 12.6 Å². The van der Waals surface area contributed by atoms with Gasteiger partial charge in [0.25, 0.3) is 0 Å². The van der Waals surface area contributed by atoms with Gasteiger partial charge in [0.05, 0.1) is 12.5 Å². The highest BCUT2D eigenvalue weighted by atomic mass is 16.3. The molecule has 0 aliphatic carbocycles. The Hall–Kier alpha value is -2.93. The number of primary amides is 1. The predicted molar refractivity (Wildman–Crippen MR) is 84.7 cm³/mol. The maximum Gasteiger partial charge on any atom is 0.249 e. The van der Waals surface area contributed by atoms with Gasteiger partial charge < -0.3 is 21.9 Å². The number of nitrogens with one attached hydrogen (secondary N) is 1. The first-order chi connectivity index (χ1) is 11.0. The van der Waals surface area contributed by atoms with Crippen molar-refractivity contribution < 1.29 is 14.7 Å². The molecule has 6 N–H and O–H groups in total. The van der Waals surface area contributed by atoms with E-state index in [9.17, 15) is 14.7 Å². The molecule has 7 nitrogen and oxygen atoms in total. The Labute approximate surface area is 133 Å². The number of carbonyl (C=O) groups excluding carboxylic acids is 2. The van der Waals surface area contributed by atoms with Crippen molar-refractivity contribution in [1.29, 1.82) is 0 Å². The topological polar surface area (TPSA) is 131 Å². The highest BCUT2D eigenvalue weighted by Gasteiger charge is 2.18. The van der Waals surface area contributed by atoms with Crippen LogP contribution in [-0.2, 0) is 11.3 Å². The number of rotatable bonds is 6. The van der Waals surface area contributed by atoms with E-state index in [0.717, 1.165) is 12.0 Å². The molecule has 2 amide bonds. The van der Waals surface area contributed by atoms with Gasteiger partial charge in [-0.2, -0.15) is 0 Å². The van der Waals surface area contributed by atoms with E-state index < -0.39 is 17.9 Å². The van der Waals surface area contributed by atoms with Crippen LogP contribution in [0.5, 0.6) is 0 Å². The number of nitrogens with zero attached hydrogens (tertiary/aromatic N) is 1. The fourth-order valence-electron chi connectivity index (χ4n) is 2.00. The molecule has 2 rings (SSSR count). The Kier molecular flexibility index (Phi) is 5.27. The molecular weight excluding hydrogens is 296 g/mol. The van der Waals surface area contributed by atoms with Crippen molar-refractivity contribution in [2.75, 3.05) is 5.73 Å². The van der Waals surface area contributed by atoms with Gasteiger partial charge in [0, 0.05) is 18.3 Å². The molecule has 1 radical (unpaired) electrons. The number of nitrogens with two attached hydrogens (primary N) is 2. The number of aliphatic hydroxyl groups excluding tert-OH is 1. The predicted octanol–water partition coefficient (Wildman–Crippen LogP) is 0.317. The lowest BCUT2D eigenvalue weighted by Crippen LogP contribution is -2.26. The number of aliphatic hydroxyl groups is 1. The molecule has 0 fully saturated rings. The largest absolute Gasteiger partial charge is 0.388 e. The third-order valence-corrected chi connectivity index (χ3v) is 3.17. The SMILES string of the molecule is NC(=O)c1ccccc1[C@H](O)[CH]C(=O)NCc1ccc(N)nc1. The van der Waals surface area contributed by atoms with Crippen LogP contribution < -0.4 is 16.8 Å². The molecule has 23 heavy (non-hydrogen) atoms. The van der Waals surface area contributed by atoms with Crippen molar-refractivity contribution >= 4 is 17.6 Å². The lowest BCUT2D eigenvalue weighted by Gasteiger charge is -2.13. The summed E-state index contributed by atoms with van der Waals surface area (Å²) < 4.78 is 0. The van der Waals surface area contributed by atoms with Crippen LogP contribution >= 0.6 is 0 Å². The third kappa shape index (κ3) is 4.52. The fourth-order valence-corrected chi connectivity index (χ4v) is 2.00. The normalized spacial score (nSPS) is 11.7. The van der Waals surface area contributed by atoms with Crippen LogP contribution in [0.1, 0.15) is 27.6 Å². The fraction of sp³-hybridized carbons (Fsp3) is 0.125. The standard InChI is InChI=1S/C16H17N4O3/c17-14-6-5-10(8-19-14)9-20-15(22)7-13(21)11-3-1-2-4-12(11)16(18)23/h1-8,13,21H,9H2,(H2,17,19)(H2,18,23)(H,20,22)/t13-/m1/s1. The van der Waals surface area contributed by atoms with E-state index in [2.05, 4.69) is 10.3 Å². The lowest BCUT2D eigenvalue weighted by atomic mass is 9.99. The molecule has 7 heteroatoms. The quantitative estimate of drug-likeness (QED) is 0.610. The molecule has 0 aliphatic heterocycles. The molecule has 1 atom stereocenters. The molecule has 119 valence electrons. The molecule has 0 spiro atoms. The summed E-state index contributed by atoms with van der Waals surface area (Å²) in [6, 6.07) is 9.68. The van der Waals surface area contributed by atoms with E-state index in [-0.39, 0.29) is 17.7 Å². The molecule has 0 saturated carbocycles. The number of aromatic nitrogens is 1. The molecule has 2 aromatic rings. The Bertz CT molecular complexity index is 701. The van der Waals surface area contributed by atoms with Crippen LogP contribution in [0.25, 0.3) is 0 Å². The second-order valence-electron chi connectivity index (χ2n) is 4.87. The number of anilines is 1. The van der Waals surface area contributed by atoms with Gasteiger partial charge in [0.1, 0.15) is 5.82 Å². The summed E-state index contributed by atoms with van der Waals surface area (Å²) in [4.78, 5) is 27.1. The van der Waals surface area contributed by atoms with Gasteiger partial charge in [-0.25, -0.2) is 4.98 Å². The summed E-state index contributed by atoms with van der Waals surface area (Å²) in [5.74, 6) is -0.750. The van der Waals surface area contributed by atoms with Gasteiger partial charge in [-0.1, -0.05) is 24.3 Å². The van der Waals surface area contributed by atoms with E-state index in [1.165, 1.54) is 6.07 Å². The molecule has 0 bridgehead atoms. The van der Waals surface area contributed by atoms with Crippen LogP contribution in [0.4, 0.5) is 5.82 Å². The van der Waals surface area contributed by atoms with Crippen molar-refractivity contribution in [3.05, 3.63) is 65.7 Å². The number of hydrogen-bond acceptors (Lipinski definition) is 5. The maximum absolute atomic E-state index is 11.9. The minimum atomic E-state index is -1.23. The molecule has 0 saturated heterocycles. The van der Waals surface area contributed by atoms with Gasteiger partial charge in [-0.05, 0) is 23.3 Å². The van der Waals surface area contributed by atoms with E-state index in [1.807, 2.05) is 0 Å². The van der Waals surface area contributed by atoms with Crippen LogP contribution in [0.15, 0.2) is 42.6 Å². The summed E-state index contributed by atoms with van der Waals surface area (Å²) >= 11 is 0. The molecule has 1 aromatic carbocycles. The second kappa shape index (κ2) is 7.37. The molecule has 0 unspecified atom stereocenters. The van der Waals surface area contributed by atoms with Gasteiger partial charge in [-0.15, -0.1) is 0 Å².